The summed E-state index contributed by atoms with van der Waals surface area (Å²) in [6.07, 6.45) is 9.79. The van der Waals surface area contributed by atoms with E-state index in [4.69, 9.17) is 0 Å². The molecule has 1 aliphatic carbocycles. The minimum absolute atomic E-state index is 0.678. The Labute approximate surface area is 113 Å². The van der Waals surface area contributed by atoms with E-state index >= 15 is 0 Å². The predicted octanol–water partition coefficient (Wildman–Crippen LogP) is 3.32. The van der Waals surface area contributed by atoms with Crippen LogP contribution in [-0.2, 0) is 0 Å². The lowest BCUT2D eigenvalue weighted by Gasteiger charge is -2.38. The van der Waals surface area contributed by atoms with E-state index in [9.17, 15) is 0 Å². The van der Waals surface area contributed by atoms with Crippen LogP contribution in [0.2, 0.25) is 0 Å². The van der Waals surface area contributed by atoms with Crippen molar-refractivity contribution in [3.05, 3.63) is 0 Å². The van der Waals surface area contributed by atoms with Crippen LogP contribution in [0, 0.1) is 11.8 Å². The molecular formula is C16H32N2. The summed E-state index contributed by atoms with van der Waals surface area (Å²) in [5, 5.41) is 7.67. The SMILES string of the molecule is CC(C)CC(C)NC1CCCCC1C1CCCN1. The Hall–Kier alpha value is -0.0800. The molecule has 2 fully saturated rings. The van der Waals surface area contributed by atoms with Gasteiger partial charge in [0.1, 0.15) is 0 Å². The van der Waals surface area contributed by atoms with Crippen LogP contribution in [0.3, 0.4) is 0 Å². The average Bonchev–Trinajstić information content (AvgIpc) is 2.81. The van der Waals surface area contributed by atoms with Crippen LogP contribution in [0.25, 0.3) is 0 Å². The van der Waals surface area contributed by atoms with E-state index in [0.717, 1.165) is 23.9 Å². The fourth-order valence-corrected chi connectivity index (χ4v) is 4.07. The van der Waals surface area contributed by atoms with Crippen LogP contribution < -0.4 is 10.6 Å². The van der Waals surface area contributed by atoms with Gasteiger partial charge in [-0.25, -0.2) is 0 Å². The van der Waals surface area contributed by atoms with Crippen LogP contribution in [0.1, 0.15) is 65.7 Å². The third-order valence-electron chi connectivity index (χ3n) is 4.76. The van der Waals surface area contributed by atoms with Gasteiger partial charge in [-0.1, -0.05) is 26.7 Å². The van der Waals surface area contributed by atoms with Crippen LogP contribution in [0.4, 0.5) is 0 Å². The zero-order valence-corrected chi connectivity index (χ0v) is 12.5. The molecule has 1 saturated heterocycles. The molecular weight excluding hydrogens is 220 g/mol. The van der Waals surface area contributed by atoms with E-state index in [1.54, 1.807) is 0 Å². The van der Waals surface area contributed by atoms with Gasteiger partial charge in [-0.2, -0.15) is 0 Å². The first-order valence-electron chi connectivity index (χ1n) is 8.16. The number of hydrogen-bond donors (Lipinski definition) is 2. The van der Waals surface area contributed by atoms with Crippen molar-refractivity contribution in [2.24, 2.45) is 11.8 Å². The van der Waals surface area contributed by atoms with E-state index in [1.165, 1.54) is 51.5 Å². The molecule has 106 valence electrons. The van der Waals surface area contributed by atoms with Gasteiger partial charge in [0, 0.05) is 18.1 Å². The predicted molar refractivity (Wildman–Crippen MR) is 78.8 cm³/mol. The molecule has 2 heteroatoms. The van der Waals surface area contributed by atoms with Crippen molar-refractivity contribution < 1.29 is 0 Å². The molecule has 1 saturated carbocycles. The molecule has 2 rings (SSSR count). The molecule has 2 N–H and O–H groups in total. The van der Waals surface area contributed by atoms with Crippen molar-refractivity contribution in [2.45, 2.75) is 83.8 Å². The zero-order valence-electron chi connectivity index (χ0n) is 12.5. The number of hydrogen-bond acceptors (Lipinski definition) is 2. The van der Waals surface area contributed by atoms with Crippen molar-refractivity contribution >= 4 is 0 Å². The summed E-state index contributed by atoms with van der Waals surface area (Å²) >= 11 is 0. The lowest BCUT2D eigenvalue weighted by atomic mass is 9.79. The Morgan fingerprint density at radius 3 is 2.50 bits per heavy atom. The van der Waals surface area contributed by atoms with Gasteiger partial charge in [0.05, 0.1) is 0 Å². The molecule has 0 aromatic rings. The molecule has 1 heterocycles. The molecule has 0 spiro atoms. The Kier molecular flexibility index (Phi) is 5.50. The molecule has 2 nitrogen and oxygen atoms in total. The van der Waals surface area contributed by atoms with Crippen LogP contribution in [0.5, 0.6) is 0 Å². The van der Waals surface area contributed by atoms with E-state index in [-0.39, 0.29) is 0 Å². The lowest BCUT2D eigenvalue weighted by Crippen LogP contribution is -2.49. The fourth-order valence-electron chi connectivity index (χ4n) is 4.07. The fraction of sp³-hybridized carbons (Fsp3) is 1.00. The Morgan fingerprint density at radius 2 is 1.83 bits per heavy atom. The second-order valence-corrected chi connectivity index (χ2v) is 6.95. The van der Waals surface area contributed by atoms with Crippen LogP contribution >= 0.6 is 0 Å². The summed E-state index contributed by atoms with van der Waals surface area (Å²) in [7, 11) is 0. The first-order chi connectivity index (χ1) is 8.66. The smallest absolute Gasteiger partial charge is 0.0113 e. The molecule has 0 aromatic carbocycles. The highest BCUT2D eigenvalue weighted by molar-refractivity contribution is 4.92. The third-order valence-corrected chi connectivity index (χ3v) is 4.76. The molecule has 2 aliphatic rings. The van der Waals surface area contributed by atoms with Crippen molar-refractivity contribution in [1.82, 2.24) is 10.6 Å². The molecule has 1 aliphatic heterocycles. The first kappa shape index (κ1) is 14.3. The summed E-state index contributed by atoms with van der Waals surface area (Å²) in [6, 6.07) is 2.24. The second kappa shape index (κ2) is 6.91. The number of rotatable bonds is 5. The quantitative estimate of drug-likeness (QED) is 0.784. The first-order valence-corrected chi connectivity index (χ1v) is 8.16. The summed E-state index contributed by atoms with van der Waals surface area (Å²) in [4.78, 5) is 0. The number of nitrogens with one attached hydrogen (secondary N) is 2. The van der Waals surface area contributed by atoms with Crippen molar-refractivity contribution in [2.75, 3.05) is 6.54 Å². The van der Waals surface area contributed by atoms with Gasteiger partial charge in [0.2, 0.25) is 0 Å². The molecule has 0 radical (unpaired) electrons. The maximum atomic E-state index is 3.94. The summed E-state index contributed by atoms with van der Waals surface area (Å²) in [6.45, 7) is 8.27. The molecule has 4 atom stereocenters. The van der Waals surface area contributed by atoms with Gasteiger partial charge in [-0.3, -0.25) is 0 Å². The van der Waals surface area contributed by atoms with Gasteiger partial charge in [0.15, 0.2) is 0 Å². The van der Waals surface area contributed by atoms with E-state index < -0.39 is 0 Å². The van der Waals surface area contributed by atoms with Gasteiger partial charge in [-0.15, -0.1) is 0 Å². The summed E-state index contributed by atoms with van der Waals surface area (Å²) < 4.78 is 0. The normalized spacial score (nSPS) is 35.0. The summed E-state index contributed by atoms with van der Waals surface area (Å²) in [5.41, 5.74) is 0. The average molecular weight is 252 g/mol. The maximum absolute atomic E-state index is 3.94. The lowest BCUT2D eigenvalue weighted by molar-refractivity contribution is 0.197. The molecule has 0 bridgehead atoms. The maximum Gasteiger partial charge on any atom is 0.0113 e. The zero-order chi connectivity index (χ0) is 13.0. The highest BCUT2D eigenvalue weighted by atomic mass is 15.0. The molecule has 0 amide bonds. The van der Waals surface area contributed by atoms with Gasteiger partial charge >= 0.3 is 0 Å². The van der Waals surface area contributed by atoms with Crippen molar-refractivity contribution in [3.8, 4) is 0 Å². The summed E-state index contributed by atoms with van der Waals surface area (Å²) in [5.74, 6) is 1.69. The van der Waals surface area contributed by atoms with E-state index in [0.29, 0.717) is 6.04 Å². The standard InChI is InChI=1S/C16H32N2/c1-12(2)11-13(3)18-16-8-5-4-7-14(16)15-9-6-10-17-15/h12-18H,4-11H2,1-3H3. The van der Waals surface area contributed by atoms with Crippen molar-refractivity contribution in [1.29, 1.82) is 0 Å². The highest BCUT2D eigenvalue weighted by Gasteiger charge is 2.33. The topological polar surface area (TPSA) is 24.1 Å². The molecule has 18 heavy (non-hydrogen) atoms. The second-order valence-electron chi connectivity index (χ2n) is 6.95. The van der Waals surface area contributed by atoms with Gasteiger partial charge in [-0.05, 0) is 57.4 Å². The Bertz CT molecular complexity index is 233. The van der Waals surface area contributed by atoms with E-state index in [2.05, 4.69) is 31.4 Å². The Balaban J connectivity index is 1.86. The third kappa shape index (κ3) is 3.96. The van der Waals surface area contributed by atoms with Crippen molar-refractivity contribution in [3.63, 3.8) is 0 Å². The van der Waals surface area contributed by atoms with Crippen LogP contribution in [-0.4, -0.2) is 24.7 Å². The molecule has 4 unspecified atom stereocenters. The largest absolute Gasteiger partial charge is 0.314 e. The van der Waals surface area contributed by atoms with E-state index in [1.807, 2.05) is 0 Å². The minimum atomic E-state index is 0.678. The monoisotopic (exact) mass is 252 g/mol. The molecule has 0 aromatic heterocycles. The minimum Gasteiger partial charge on any atom is -0.314 e. The van der Waals surface area contributed by atoms with Gasteiger partial charge in [0.25, 0.3) is 0 Å². The Morgan fingerprint density at radius 1 is 1.06 bits per heavy atom. The van der Waals surface area contributed by atoms with Crippen LogP contribution in [0.15, 0.2) is 0 Å². The highest BCUT2D eigenvalue weighted by Crippen LogP contribution is 2.31. The van der Waals surface area contributed by atoms with Gasteiger partial charge < -0.3 is 10.6 Å².